The zero-order valence-electron chi connectivity index (χ0n) is 11.5. The van der Waals surface area contributed by atoms with Crippen LogP contribution in [0.25, 0.3) is 0 Å². The van der Waals surface area contributed by atoms with Crippen LogP contribution in [0.4, 0.5) is 0 Å². The van der Waals surface area contributed by atoms with Crippen molar-refractivity contribution in [3.8, 4) is 0 Å². The number of rotatable bonds is 8. The van der Waals surface area contributed by atoms with E-state index in [1.165, 1.54) is 6.08 Å². The summed E-state index contributed by atoms with van der Waals surface area (Å²) in [6, 6.07) is 0. The van der Waals surface area contributed by atoms with E-state index in [4.69, 9.17) is 5.11 Å². The van der Waals surface area contributed by atoms with Gasteiger partial charge in [0.1, 0.15) is 0 Å². The smallest absolute Gasteiger partial charge is 0.243 e. The highest BCUT2D eigenvalue weighted by Crippen LogP contribution is 2.00. The van der Waals surface area contributed by atoms with Gasteiger partial charge in [0.15, 0.2) is 0 Å². The van der Waals surface area contributed by atoms with Crippen LogP contribution in [-0.2, 0) is 4.79 Å². The number of nitrogens with one attached hydrogen (secondary N) is 1. The Kier molecular flexibility index (Phi) is 9.24. The summed E-state index contributed by atoms with van der Waals surface area (Å²) < 4.78 is 0. The molecule has 4 nitrogen and oxygen atoms in total. The molecule has 2 unspecified atom stereocenters. The lowest BCUT2D eigenvalue weighted by atomic mass is 10.1. The van der Waals surface area contributed by atoms with Gasteiger partial charge in [0.05, 0.1) is 12.2 Å². The minimum absolute atomic E-state index is 0.0993. The summed E-state index contributed by atoms with van der Waals surface area (Å²) in [7, 11) is 0. The van der Waals surface area contributed by atoms with Crippen LogP contribution in [0.1, 0.15) is 33.6 Å². The van der Waals surface area contributed by atoms with Crippen molar-refractivity contribution in [2.45, 2.75) is 45.8 Å². The van der Waals surface area contributed by atoms with E-state index in [0.29, 0.717) is 25.3 Å². The Morgan fingerprint density at radius 3 is 2.44 bits per heavy atom. The Balaban J connectivity index is 3.73. The zero-order chi connectivity index (χ0) is 14.0. The third kappa shape index (κ3) is 11.4. The van der Waals surface area contributed by atoms with E-state index in [2.05, 4.69) is 5.32 Å². The Bertz CT molecular complexity index is 283. The molecule has 0 radical (unpaired) electrons. The molecule has 104 valence electrons. The zero-order valence-corrected chi connectivity index (χ0v) is 11.5. The van der Waals surface area contributed by atoms with Crippen LogP contribution in [0, 0.1) is 5.92 Å². The third-order valence-electron chi connectivity index (χ3n) is 2.19. The quantitative estimate of drug-likeness (QED) is 0.453. The van der Waals surface area contributed by atoms with Gasteiger partial charge in [0.25, 0.3) is 0 Å². The molecule has 4 heteroatoms. The monoisotopic (exact) mass is 255 g/mol. The fraction of sp³-hybridized carbons (Fsp3) is 0.643. The van der Waals surface area contributed by atoms with Crippen LogP contribution < -0.4 is 5.32 Å². The molecule has 0 aliphatic carbocycles. The molecule has 0 aromatic heterocycles. The molecule has 3 N–H and O–H groups in total. The van der Waals surface area contributed by atoms with Crippen LogP contribution in [0.3, 0.4) is 0 Å². The van der Waals surface area contributed by atoms with Crippen LogP contribution in [0.2, 0.25) is 0 Å². The molecule has 18 heavy (non-hydrogen) atoms. The minimum Gasteiger partial charge on any atom is -0.389 e. The molecule has 2 atom stereocenters. The Hall–Kier alpha value is -1.13. The van der Waals surface area contributed by atoms with E-state index in [1.807, 2.05) is 13.8 Å². The second-order valence-electron chi connectivity index (χ2n) is 4.81. The highest BCUT2D eigenvalue weighted by Gasteiger charge is 1.99. The van der Waals surface area contributed by atoms with Gasteiger partial charge < -0.3 is 15.5 Å². The summed E-state index contributed by atoms with van der Waals surface area (Å²) in [4.78, 5) is 11.3. The third-order valence-corrected chi connectivity index (χ3v) is 2.19. The lowest BCUT2D eigenvalue weighted by Crippen LogP contribution is -2.25. The molecule has 0 aliphatic rings. The number of hydrogen-bond acceptors (Lipinski definition) is 3. The predicted molar refractivity (Wildman–Crippen MR) is 73.0 cm³/mol. The highest BCUT2D eigenvalue weighted by molar-refractivity contribution is 5.87. The highest BCUT2D eigenvalue weighted by atomic mass is 16.3. The topological polar surface area (TPSA) is 69.6 Å². The minimum atomic E-state index is -0.581. The molecule has 0 spiro atoms. The first kappa shape index (κ1) is 16.9. The molecule has 0 aliphatic heterocycles. The molecular formula is C14H25NO3. The first-order valence-corrected chi connectivity index (χ1v) is 6.40. The molecule has 0 fully saturated rings. The van der Waals surface area contributed by atoms with Crippen molar-refractivity contribution in [2.75, 3.05) is 6.54 Å². The van der Waals surface area contributed by atoms with Gasteiger partial charge >= 0.3 is 0 Å². The van der Waals surface area contributed by atoms with Crippen molar-refractivity contribution >= 4 is 5.91 Å². The summed E-state index contributed by atoms with van der Waals surface area (Å²) in [6.45, 7) is 6.37. The number of carbonyl (C=O) groups is 1. The molecule has 0 aromatic rings. The molecule has 0 aromatic carbocycles. The summed E-state index contributed by atoms with van der Waals surface area (Å²) in [6.07, 6.45) is 6.39. The molecule has 0 saturated carbocycles. The van der Waals surface area contributed by atoms with Gasteiger partial charge in [-0.3, -0.25) is 4.79 Å². The van der Waals surface area contributed by atoms with Crippen LogP contribution in [0.5, 0.6) is 0 Å². The Morgan fingerprint density at radius 2 is 1.89 bits per heavy atom. The fourth-order valence-electron chi connectivity index (χ4n) is 1.21. The van der Waals surface area contributed by atoms with Gasteiger partial charge in [-0.25, -0.2) is 0 Å². The van der Waals surface area contributed by atoms with E-state index < -0.39 is 12.2 Å². The van der Waals surface area contributed by atoms with Crippen molar-refractivity contribution in [1.29, 1.82) is 0 Å². The van der Waals surface area contributed by atoms with Crippen molar-refractivity contribution < 1.29 is 15.0 Å². The van der Waals surface area contributed by atoms with E-state index in [-0.39, 0.29) is 5.91 Å². The Morgan fingerprint density at radius 1 is 1.22 bits per heavy atom. The average molecular weight is 255 g/mol. The Labute approximate surface area is 109 Å². The first-order chi connectivity index (χ1) is 8.41. The standard InChI is InChI=1S/C14H25NO3/c1-11(2)10-15-14(18)7-5-4-6-13(17)9-8-12(3)16/h5,7-9,11-13,16-17H,4,6,10H2,1-3H3,(H,15,18)/b7-5+,9-8+. The summed E-state index contributed by atoms with van der Waals surface area (Å²) >= 11 is 0. The number of allylic oxidation sites excluding steroid dienone is 1. The number of carbonyl (C=O) groups excluding carboxylic acids is 1. The lowest BCUT2D eigenvalue weighted by Gasteiger charge is -2.05. The number of aliphatic hydroxyl groups is 2. The number of aliphatic hydroxyl groups excluding tert-OH is 2. The van der Waals surface area contributed by atoms with Crippen molar-refractivity contribution in [1.82, 2.24) is 5.32 Å². The van der Waals surface area contributed by atoms with E-state index in [9.17, 15) is 9.90 Å². The van der Waals surface area contributed by atoms with Gasteiger partial charge in [-0.15, -0.1) is 0 Å². The summed E-state index contributed by atoms with van der Waals surface area (Å²) in [5, 5.41) is 21.3. The summed E-state index contributed by atoms with van der Waals surface area (Å²) in [5.74, 6) is 0.340. The van der Waals surface area contributed by atoms with Gasteiger partial charge in [-0.1, -0.05) is 32.1 Å². The maximum atomic E-state index is 11.3. The largest absolute Gasteiger partial charge is 0.389 e. The van der Waals surface area contributed by atoms with E-state index in [1.54, 1.807) is 25.2 Å². The molecule has 0 rings (SSSR count). The first-order valence-electron chi connectivity index (χ1n) is 6.40. The molecular weight excluding hydrogens is 230 g/mol. The van der Waals surface area contributed by atoms with E-state index >= 15 is 0 Å². The molecule has 0 saturated heterocycles. The van der Waals surface area contributed by atoms with Gasteiger partial charge in [0.2, 0.25) is 5.91 Å². The van der Waals surface area contributed by atoms with Crippen LogP contribution in [-0.4, -0.2) is 34.9 Å². The second kappa shape index (κ2) is 9.85. The maximum absolute atomic E-state index is 11.3. The molecule has 0 heterocycles. The van der Waals surface area contributed by atoms with Crippen molar-refractivity contribution in [3.63, 3.8) is 0 Å². The van der Waals surface area contributed by atoms with Gasteiger partial charge in [-0.05, 0) is 31.8 Å². The second-order valence-corrected chi connectivity index (χ2v) is 4.81. The van der Waals surface area contributed by atoms with Crippen LogP contribution >= 0.6 is 0 Å². The normalized spacial score (nSPS) is 15.4. The van der Waals surface area contributed by atoms with Gasteiger partial charge in [0, 0.05) is 6.54 Å². The molecule has 0 bridgehead atoms. The van der Waals surface area contributed by atoms with Crippen LogP contribution in [0.15, 0.2) is 24.3 Å². The lowest BCUT2D eigenvalue weighted by molar-refractivity contribution is -0.116. The summed E-state index contributed by atoms with van der Waals surface area (Å²) in [5.41, 5.74) is 0. The average Bonchev–Trinajstić information content (AvgIpc) is 2.29. The predicted octanol–water partition coefficient (Wildman–Crippen LogP) is 1.39. The number of amides is 1. The fourth-order valence-corrected chi connectivity index (χ4v) is 1.21. The van der Waals surface area contributed by atoms with Crippen molar-refractivity contribution in [2.24, 2.45) is 5.92 Å². The SMILES string of the molecule is CC(O)/C=C/C(O)CC/C=C/C(=O)NCC(C)C. The maximum Gasteiger partial charge on any atom is 0.243 e. The van der Waals surface area contributed by atoms with E-state index in [0.717, 1.165) is 0 Å². The van der Waals surface area contributed by atoms with Gasteiger partial charge in [-0.2, -0.15) is 0 Å². The number of hydrogen-bond donors (Lipinski definition) is 3. The molecule has 1 amide bonds. The van der Waals surface area contributed by atoms with Crippen molar-refractivity contribution in [3.05, 3.63) is 24.3 Å².